The molecule has 0 unspecified atom stereocenters. The van der Waals surface area contributed by atoms with Crippen LogP contribution in [0.5, 0.6) is 0 Å². The Bertz CT molecular complexity index is 748. The van der Waals surface area contributed by atoms with Gasteiger partial charge < -0.3 is 10.2 Å². The SMILES string of the molecule is C[C@H]1Cc2ccccc2N1CC(=O)Nc1cccc(C#N)c1. The normalized spacial score (nSPS) is 16.0. The molecule has 1 N–H and O–H groups in total. The van der Waals surface area contributed by atoms with Crippen LogP contribution in [0.4, 0.5) is 11.4 Å². The molecule has 110 valence electrons. The molecule has 4 heteroatoms. The van der Waals surface area contributed by atoms with Gasteiger partial charge in [-0.05, 0) is 43.2 Å². The minimum atomic E-state index is -0.0707. The first-order chi connectivity index (χ1) is 10.7. The van der Waals surface area contributed by atoms with Gasteiger partial charge in [0.15, 0.2) is 0 Å². The van der Waals surface area contributed by atoms with E-state index in [2.05, 4.69) is 35.3 Å². The second-order valence-corrected chi connectivity index (χ2v) is 5.55. The first kappa shape index (κ1) is 14.2. The van der Waals surface area contributed by atoms with Crippen LogP contribution in [0.2, 0.25) is 0 Å². The highest BCUT2D eigenvalue weighted by Crippen LogP contribution is 2.31. The molecule has 2 aromatic carbocycles. The minimum Gasteiger partial charge on any atom is -0.359 e. The molecule has 4 nitrogen and oxygen atoms in total. The fourth-order valence-corrected chi connectivity index (χ4v) is 2.89. The van der Waals surface area contributed by atoms with Crippen LogP contribution in [0.15, 0.2) is 48.5 Å². The number of hydrogen-bond donors (Lipinski definition) is 1. The zero-order chi connectivity index (χ0) is 15.5. The predicted molar refractivity (Wildman–Crippen MR) is 86.7 cm³/mol. The Hall–Kier alpha value is -2.80. The number of nitrogens with one attached hydrogen (secondary N) is 1. The second-order valence-electron chi connectivity index (χ2n) is 5.55. The van der Waals surface area contributed by atoms with Gasteiger partial charge >= 0.3 is 0 Å². The molecule has 0 saturated carbocycles. The molecule has 0 bridgehead atoms. The van der Waals surface area contributed by atoms with E-state index in [0.29, 0.717) is 23.8 Å². The van der Waals surface area contributed by atoms with E-state index in [0.717, 1.165) is 12.1 Å². The number of benzene rings is 2. The molecule has 0 spiro atoms. The molecule has 0 saturated heterocycles. The van der Waals surface area contributed by atoms with Crippen LogP contribution in [0.3, 0.4) is 0 Å². The van der Waals surface area contributed by atoms with Gasteiger partial charge in [-0.2, -0.15) is 5.26 Å². The number of nitriles is 1. The highest BCUT2D eigenvalue weighted by atomic mass is 16.2. The maximum Gasteiger partial charge on any atom is 0.243 e. The predicted octanol–water partition coefficient (Wildman–Crippen LogP) is 2.95. The van der Waals surface area contributed by atoms with Gasteiger partial charge in [-0.15, -0.1) is 0 Å². The number of anilines is 2. The van der Waals surface area contributed by atoms with E-state index in [-0.39, 0.29) is 5.91 Å². The zero-order valence-corrected chi connectivity index (χ0v) is 12.4. The smallest absolute Gasteiger partial charge is 0.243 e. The Morgan fingerprint density at radius 1 is 1.32 bits per heavy atom. The quantitative estimate of drug-likeness (QED) is 0.946. The van der Waals surface area contributed by atoms with E-state index < -0.39 is 0 Å². The number of rotatable bonds is 3. The molecule has 1 aliphatic heterocycles. The molecule has 0 radical (unpaired) electrons. The van der Waals surface area contributed by atoms with Gasteiger partial charge in [-0.3, -0.25) is 4.79 Å². The molecular formula is C18H17N3O. The summed E-state index contributed by atoms with van der Waals surface area (Å²) in [6.07, 6.45) is 0.966. The second kappa shape index (κ2) is 5.90. The van der Waals surface area contributed by atoms with E-state index >= 15 is 0 Å². The van der Waals surface area contributed by atoms with Crippen molar-refractivity contribution < 1.29 is 4.79 Å². The number of nitrogens with zero attached hydrogens (tertiary/aromatic N) is 2. The summed E-state index contributed by atoms with van der Waals surface area (Å²) >= 11 is 0. The largest absolute Gasteiger partial charge is 0.359 e. The van der Waals surface area contributed by atoms with Crippen molar-refractivity contribution >= 4 is 17.3 Å². The Morgan fingerprint density at radius 2 is 2.14 bits per heavy atom. The summed E-state index contributed by atoms with van der Waals surface area (Å²) in [5, 5.41) is 11.8. The molecule has 0 aliphatic carbocycles. The Kier molecular flexibility index (Phi) is 3.80. The first-order valence-electron chi connectivity index (χ1n) is 7.32. The van der Waals surface area contributed by atoms with Crippen molar-refractivity contribution in [3.8, 4) is 6.07 Å². The third kappa shape index (κ3) is 2.79. The lowest BCUT2D eigenvalue weighted by molar-refractivity contribution is -0.115. The molecule has 22 heavy (non-hydrogen) atoms. The third-order valence-corrected chi connectivity index (χ3v) is 3.94. The molecule has 2 aromatic rings. The summed E-state index contributed by atoms with van der Waals surface area (Å²) in [7, 11) is 0. The Balaban J connectivity index is 1.71. The van der Waals surface area contributed by atoms with Crippen molar-refractivity contribution in [1.29, 1.82) is 5.26 Å². The Morgan fingerprint density at radius 3 is 2.95 bits per heavy atom. The van der Waals surface area contributed by atoms with Crippen molar-refractivity contribution in [2.75, 3.05) is 16.8 Å². The standard InChI is InChI=1S/C18H17N3O/c1-13-9-15-6-2-3-8-17(15)21(13)12-18(22)20-16-7-4-5-14(10-16)11-19/h2-8,10,13H,9,12H2,1H3,(H,20,22)/t13-/m0/s1. The summed E-state index contributed by atoms with van der Waals surface area (Å²) in [4.78, 5) is 14.4. The molecule has 3 rings (SSSR count). The van der Waals surface area contributed by atoms with Gasteiger partial charge in [0, 0.05) is 17.4 Å². The molecule has 1 aliphatic rings. The molecule has 1 atom stereocenters. The lowest BCUT2D eigenvalue weighted by atomic mass is 10.1. The van der Waals surface area contributed by atoms with Crippen molar-refractivity contribution in [2.24, 2.45) is 0 Å². The van der Waals surface area contributed by atoms with Gasteiger partial charge in [-0.1, -0.05) is 24.3 Å². The topological polar surface area (TPSA) is 56.1 Å². The van der Waals surface area contributed by atoms with Gasteiger partial charge in [0.2, 0.25) is 5.91 Å². The van der Waals surface area contributed by atoms with Crippen molar-refractivity contribution in [3.05, 3.63) is 59.7 Å². The lowest BCUT2D eigenvalue weighted by Crippen LogP contribution is -2.37. The van der Waals surface area contributed by atoms with Crippen LogP contribution in [0.25, 0.3) is 0 Å². The minimum absolute atomic E-state index is 0.0707. The van der Waals surface area contributed by atoms with Gasteiger partial charge in [0.1, 0.15) is 0 Å². The van der Waals surface area contributed by atoms with Gasteiger partial charge in [-0.25, -0.2) is 0 Å². The van der Waals surface area contributed by atoms with E-state index in [1.165, 1.54) is 5.56 Å². The van der Waals surface area contributed by atoms with Crippen LogP contribution < -0.4 is 10.2 Å². The van der Waals surface area contributed by atoms with E-state index in [1.54, 1.807) is 24.3 Å². The fraction of sp³-hybridized carbons (Fsp3) is 0.222. The monoisotopic (exact) mass is 291 g/mol. The summed E-state index contributed by atoms with van der Waals surface area (Å²) in [5.41, 5.74) is 3.62. The van der Waals surface area contributed by atoms with E-state index in [9.17, 15) is 4.79 Å². The third-order valence-electron chi connectivity index (χ3n) is 3.94. The average molecular weight is 291 g/mol. The number of hydrogen-bond acceptors (Lipinski definition) is 3. The zero-order valence-electron chi connectivity index (χ0n) is 12.4. The number of amides is 1. The van der Waals surface area contributed by atoms with E-state index in [1.807, 2.05) is 12.1 Å². The van der Waals surface area contributed by atoms with Crippen molar-refractivity contribution in [3.63, 3.8) is 0 Å². The first-order valence-corrected chi connectivity index (χ1v) is 7.32. The molecule has 0 fully saturated rings. The molecule has 0 aromatic heterocycles. The number of carbonyl (C=O) groups excluding carboxylic acids is 1. The highest BCUT2D eigenvalue weighted by Gasteiger charge is 2.26. The van der Waals surface area contributed by atoms with Crippen LogP contribution >= 0.6 is 0 Å². The number of carbonyl (C=O) groups is 1. The fourth-order valence-electron chi connectivity index (χ4n) is 2.89. The van der Waals surface area contributed by atoms with E-state index in [4.69, 9.17) is 5.26 Å². The maximum absolute atomic E-state index is 12.3. The van der Waals surface area contributed by atoms with Gasteiger partial charge in [0.25, 0.3) is 0 Å². The molecule has 1 amide bonds. The number of para-hydroxylation sites is 1. The number of fused-ring (bicyclic) bond motifs is 1. The maximum atomic E-state index is 12.3. The van der Waals surface area contributed by atoms with Crippen LogP contribution in [-0.4, -0.2) is 18.5 Å². The van der Waals surface area contributed by atoms with Gasteiger partial charge in [0.05, 0.1) is 18.2 Å². The highest BCUT2D eigenvalue weighted by molar-refractivity contribution is 5.94. The average Bonchev–Trinajstić information content (AvgIpc) is 2.83. The van der Waals surface area contributed by atoms with Crippen LogP contribution in [0, 0.1) is 11.3 Å². The summed E-state index contributed by atoms with van der Waals surface area (Å²) in [6.45, 7) is 2.44. The summed E-state index contributed by atoms with van der Waals surface area (Å²) in [6, 6.07) is 17.5. The lowest BCUT2D eigenvalue weighted by Gasteiger charge is -2.24. The van der Waals surface area contributed by atoms with Crippen LogP contribution in [-0.2, 0) is 11.2 Å². The summed E-state index contributed by atoms with van der Waals surface area (Å²) < 4.78 is 0. The molecule has 1 heterocycles. The Labute approximate surface area is 130 Å². The van der Waals surface area contributed by atoms with Crippen molar-refractivity contribution in [1.82, 2.24) is 0 Å². The molecular weight excluding hydrogens is 274 g/mol. The van der Waals surface area contributed by atoms with Crippen molar-refractivity contribution in [2.45, 2.75) is 19.4 Å². The van der Waals surface area contributed by atoms with Crippen LogP contribution in [0.1, 0.15) is 18.1 Å². The summed E-state index contributed by atoms with van der Waals surface area (Å²) in [5.74, 6) is -0.0707.